The molecule has 22 heavy (non-hydrogen) atoms. The lowest BCUT2D eigenvalue weighted by atomic mass is 9.88. The summed E-state index contributed by atoms with van der Waals surface area (Å²) in [6, 6.07) is 8.71. The summed E-state index contributed by atoms with van der Waals surface area (Å²) in [4.78, 5) is 17.6. The summed E-state index contributed by atoms with van der Waals surface area (Å²) in [6.07, 6.45) is 2.95. The topological polar surface area (TPSA) is 54.0 Å². The molecule has 0 radical (unpaired) electrons. The molecule has 0 aliphatic heterocycles. The van der Waals surface area contributed by atoms with E-state index in [4.69, 9.17) is 0 Å². The monoisotopic (exact) mass is 315 g/mol. The fourth-order valence-corrected chi connectivity index (χ4v) is 3.84. The molecule has 1 amide bonds. The van der Waals surface area contributed by atoms with Crippen molar-refractivity contribution in [1.29, 1.82) is 0 Å². The maximum Gasteiger partial charge on any atom is 0.263 e. The second kappa shape index (κ2) is 6.48. The molecular weight excluding hydrogens is 294 g/mol. The van der Waals surface area contributed by atoms with Crippen molar-refractivity contribution < 1.29 is 4.79 Å². The van der Waals surface area contributed by atoms with Gasteiger partial charge in [-0.1, -0.05) is 35.6 Å². The van der Waals surface area contributed by atoms with Crippen LogP contribution in [-0.2, 0) is 12.8 Å². The summed E-state index contributed by atoms with van der Waals surface area (Å²) < 4.78 is 0. The number of rotatable bonds is 4. The molecule has 0 saturated heterocycles. The van der Waals surface area contributed by atoms with Crippen LogP contribution in [-0.4, -0.2) is 23.5 Å². The molecular formula is C17H21N3OS. The van der Waals surface area contributed by atoms with E-state index in [9.17, 15) is 4.79 Å². The smallest absolute Gasteiger partial charge is 0.263 e. The summed E-state index contributed by atoms with van der Waals surface area (Å²) >= 11 is 1.43. The Balaban J connectivity index is 1.68. The van der Waals surface area contributed by atoms with E-state index in [-0.39, 0.29) is 11.9 Å². The maximum atomic E-state index is 12.5. The zero-order valence-electron chi connectivity index (χ0n) is 13.0. The highest BCUT2D eigenvalue weighted by Crippen LogP contribution is 2.24. The number of nitrogens with one attached hydrogen (secondary N) is 2. The first-order valence-corrected chi connectivity index (χ1v) is 8.58. The number of benzene rings is 1. The van der Waals surface area contributed by atoms with Crippen molar-refractivity contribution in [2.75, 3.05) is 11.9 Å². The van der Waals surface area contributed by atoms with Crippen LogP contribution in [0.25, 0.3) is 0 Å². The minimum absolute atomic E-state index is 0.00327. The molecule has 3 rings (SSSR count). The fraction of sp³-hybridized carbons (Fsp3) is 0.412. The molecule has 0 unspecified atom stereocenters. The van der Waals surface area contributed by atoms with Crippen molar-refractivity contribution in [3.05, 3.63) is 46.0 Å². The summed E-state index contributed by atoms with van der Waals surface area (Å²) in [5.74, 6) is 0.00327. The van der Waals surface area contributed by atoms with E-state index in [1.807, 2.05) is 13.8 Å². The largest absolute Gasteiger partial charge is 0.362 e. The zero-order chi connectivity index (χ0) is 15.5. The number of hydrogen-bond donors (Lipinski definition) is 2. The van der Waals surface area contributed by atoms with Crippen LogP contribution in [0.15, 0.2) is 24.3 Å². The van der Waals surface area contributed by atoms with Crippen molar-refractivity contribution in [3.8, 4) is 0 Å². The predicted molar refractivity (Wildman–Crippen MR) is 90.7 cm³/mol. The third kappa shape index (κ3) is 3.14. The van der Waals surface area contributed by atoms with Crippen LogP contribution in [0, 0.1) is 6.92 Å². The molecule has 1 atom stereocenters. The number of amides is 1. The molecule has 0 bridgehead atoms. The Bertz CT molecular complexity index is 680. The van der Waals surface area contributed by atoms with Crippen molar-refractivity contribution in [2.45, 2.75) is 39.2 Å². The van der Waals surface area contributed by atoms with Crippen LogP contribution in [0.5, 0.6) is 0 Å². The molecule has 4 nitrogen and oxygen atoms in total. The molecule has 2 aromatic rings. The highest BCUT2D eigenvalue weighted by Gasteiger charge is 2.22. The number of nitrogens with zero attached hydrogens (tertiary/aromatic N) is 1. The lowest BCUT2D eigenvalue weighted by molar-refractivity contribution is 0.0937. The number of aromatic nitrogens is 1. The van der Waals surface area contributed by atoms with E-state index >= 15 is 0 Å². The molecule has 0 fully saturated rings. The quantitative estimate of drug-likeness (QED) is 0.911. The first-order chi connectivity index (χ1) is 10.7. The fourth-order valence-electron chi connectivity index (χ4n) is 2.91. The van der Waals surface area contributed by atoms with Gasteiger partial charge in [0.2, 0.25) is 0 Å². The molecule has 1 aliphatic rings. The molecule has 0 spiro atoms. The number of thiazole rings is 1. The molecule has 1 heterocycles. The van der Waals surface area contributed by atoms with E-state index in [1.165, 1.54) is 22.5 Å². The Labute approximate surface area is 135 Å². The van der Waals surface area contributed by atoms with Gasteiger partial charge in [-0.25, -0.2) is 4.98 Å². The molecule has 116 valence electrons. The summed E-state index contributed by atoms with van der Waals surface area (Å²) in [5.41, 5.74) is 3.57. The second-order valence-electron chi connectivity index (χ2n) is 5.65. The van der Waals surface area contributed by atoms with Crippen LogP contribution in [0.3, 0.4) is 0 Å². The number of fused-ring (bicyclic) bond motifs is 1. The van der Waals surface area contributed by atoms with Crippen LogP contribution >= 0.6 is 11.3 Å². The Kier molecular flexibility index (Phi) is 4.43. The number of anilines is 1. The van der Waals surface area contributed by atoms with Gasteiger partial charge in [-0.3, -0.25) is 4.79 Å². The third-order valence-electron chi connectivity index (χ3n) is 4.01. The first-order valence-electron chi connectivity index (χ1n) is 7.76. The van der Waals surface area contributed by atoms with Crippen molar-refractivity contribution >= 4 is 22.4 Å². The van der Waals surface area contributed by atoms with Gasteiger partial charge in [0.15, 0.2) is 5.13 Å². The normalized spacial score (nSPS) is 16.9. The highest BCUT2D eigenvalue weighted by molar-refractivity contribution is 7.17. The number of carbonyl (C=O) groups is 1. The Morgan fingerprint density at radius 2 is 2.14 bits per heavy atom. The average Bonchev–Trinajstić information content (AvgIpc) is 2.88. The Hall–Kier alpha value is -1.88. The molecule has 0 saturated carbocycles. The van der Waals surface area contributed by atoms with Crippen molar-refractivity contribution in [1.82, 2.24) is 10.3 Å². The van der Waals surface area contributed by atoms with Gasteiger partial charge in [-0.2, -0.15) is 0 Å². The first kappa shape index (κ1) is 15.0. The van der Waals surface area contributed by atoms with Crippen LogP contribution in [0.4, 0.5) is 5.13 Å². The number of hydrogen-bond acceptors (Lipinski definition) is 4. The van der Waals surface area contributed by atoms with Gasteiger partial charge in [0, 0.05) is 12.6 Å². The third-order valence-corrected chi connectivity index (χ3v) is 5.13. The standard InChI is InChI=1S/C17H21N3OS/c1-3-18-17-19-11(2)15(22-17)16(21)20-14-9-8-12-6-4-5-7-13(12)10-14/h4-7,14H,3,8-10H2,1-2H3,(H,18,19)(H,20,21)/t14-/m1/s1. The summed E-state index contributed by atoms with van der Waals surface area (Å²) in [5, 5.41) is 7.16. The molecule has 2 N–H and O–H groups in total. The summed E-state index contributed by atoms with van der Waals surface area (Å²) in [6.45, 7) is 4.73. The van der Waals surface area contributed by atoms with Gasteiger partial charge >= 0.3 is 0 Å². The predicted octanol–water partition coefficient (Wildman–Crippen LogP) is 3.17. The minimum Gasteiger partial charge on any atom is -0.362 e. The van der Waals surface area contributed by atoms with E-state index in [0.29, 0.717) is 0 Å². The van der Waals surface area contributed by atoms with Gasteiger partial charge in [0.1, 0.15) is 4.88 Å². The van der Waals surface area contributed by atoms with E-state index in [1.54, 1.807) is 0 Å². The molecule has 1 aromatic heterocycles. The zero-order valence-corrected chi connectivity index (χ0v) is 13.8. The van der Waals surface area contributed by atoms with E-state index < -0.39 is 0 Å². The van der Waals surface area contributed by atoms with Crippen LogP contribution < -0.4 is 10.6 Å². The summed E-state index contributed by atoms with van der Waals surface area (Å²) in [7, 11) is 0. The molecule has 1 aromatic carbocycles. The average molecular weight is 315 g/mol. The number of carbonyl (C=O) groups excluding carboxylic acids is 1. The Morgan fingerprint density at radius 1 is 1.36 bits per heavy atom. The van der Waals surface area contributed by atoms with Crippen molar-refractivity contribution in [2.24, 2.45) is 0 Å². The van der Waals surface area contributed by atoms with Crippen LogP contribution in [0.1, 0.15) is 39.8 Å². The van der Waals surface area contributed by atoms with Gasteiger partial charge < -0.3 is 10.6 Å². The SMILES string of the molecule is CCNc1nc(C)c(C(=O)N[C@@H]2CCc3ccccc3C2)s1. The van der Waals surface area contributed by atoms with Gasteiger partial charge in [0.05, 0.1) is 5.69 Å². The van der Waals surface area contributed by atoms with E-state index in [0.717, 1.165) is 41.5 Å². The van der Waals surface area contributed by atoms with Gasteiger partial charge in [-0.15, -0.1) is 0 Å². The van der Waals surface area contributed by atoms with Crippen LogP contribution in [0.2, 0.25) is 0 Å². The molecule has 5 heteroatoms. The van der Waals surface area contributed by atoms with Crippen molar-refractivity contribution in [3.63, 3.8) is 0 Å². The molecule has 1 aliphatic carbocycles. The lowest BCUT2D eigenvalue weighted by Gasteiger charge is -2.25. The minimum atomic E-state index is 0.00327. The maximum absolute atomic E-state index is 12.5. The van der Waals surface area contributed by atoms with E-state index in [2.05, 4.69) is 39.9 Å². The Morgan fingerprint density at radius 3 is 2.91 bits per heavy atom. The number of aryl methyl sites for hydroxylation is 2. The lowest BCUT2D eigenvalue weighted by Crippen LogP contribution is -2.38. The highest BCUT2D eigenvalue weighted by atomic mass is 32.1. The van der Waals surface area contributed by atoms with Gasteiger partial charge in [0.25, 0.3) is 5.91 Å². The van der Waals surface area contributed by atoms with Gasteiger partial charge in [-0.05, 0) is 44.2 Å². The second-order valence-corrected chi connectivity index (χ2v) is 6.64.